The highest BCUT2D eigenvalue weighted by molar-refractivity contribution is 7.89. The number of sulfonamides is 1. The molecule has 0 N–H and O–H groups in total. The molecule has 0 aliphatic carbocycles. The average molecular weight is 417 g/mol. The third-order valence-corrected chi connectivity index (χ3v) is 6.90. The minimum Gasteiger partial charge on any atom is -0.312 e. The Bertz CT molecular complexity index is 1010. The largest absolute Gasteiger partial charge is 0.312 e. The number of hydrogen-bond acceptors (Lipinski definition) is 5. The Labute approximate surface area is 169 Å². The summed E-state index contributed by atoms with van der Waals surface area (Å²) in [4.78, 5) is 24.6. The van der Waals surface area contributed by atoms with E-state index in [1.165, 1.54) is 23.5 Å². The van der Waals surface area contributed by atoms with Gasteiger partial charge in [-0.25, -0.2) is 12.7 Å². The molecule has 0 bridgehead atoms. The van der Waals surface area contributed by atoms with Crippen molar-refractivity contribution in [3.63, 3.8) is 0 Å². The number of para-hydroxylation sites is 1. The van der Waals surface area contributed by atoms with Gasteiger partial charge in [0.15, 0.2) is 0 Å². The number of anilines is 1. The van der Waals surface area contributed by atoms with Crippen LogP contribution in [0.3, 0.4) is 0 Å². The highest BCUT2D eigenvalue weighted by Crippen LogP contribution is 2.27. The van der Waals surface area contributed by atoms with Crippen molar-refractivity contribution in [3.8, 4) is 0 Å². The van der Waals surface area contributed by atoms with Gasteiger partial charge in [-0.1, -0.05) is 18.2 Å². The molecule has 1 heterocycles. The Hall–Kier alpha value is -2.78. The number of amides is 1. The summed E-state index contributed by atoms with van der Waals surface area (Å²) in [6.07, 6.45) is 2.50. The summed E-state index contributed by atoms with van der Waals surface area (Å²) in [5.41, 5.74) is 1.93. The van der Waals surface area contributed by atoms with E-state index in [4.69, 9.17) is 0 Å². The molecule has 0 fully saturated rings. The van der Waals surface area contributed by atoms with Crippen molar-refractivity contribution in [2.24, 2.45) is 0 Å². The van der Waals surface area contributed by atoms with Crippen molar-refractivity contribution in [1.82, 2.24) is 4.31 Å². The maximum atomic E-state index is 12.7. The average Bonchev–Trinajstić information content (AvgIpc) is 2.73. The zero-order valence-corrected chi connectivity index (χ0v) is 17.0. The minimum absolute atomic E-state index is 0.0121. The van der Waals surface area contributed by atoms with E-state index in [0.717, 1.165) is 36.2 Å². The van der Waals surface area contributed by atoms with Crippen molar-refractivity contribution in [2.45, 2.75) is 30.6 Å². The lowest BCUT2D eigenvalue weighted by atomic mass is 10.0. The molecule has 0 saturated heterocycles. The summed E-state index contributed by atoms with van der Waals surface area (Å²) in [5.74, 6) is -0.0155. The molecule has 0 radical (unpaired) electrons. The second-order valence-corrected chi connectivity index (χ2v) is 9.00. The third kappa shape index (κ3) is 4.63. The summed E-state index contributed by atoms with van der Waals surface area (Å²) in [6.45, 7) is 0.854. The van der Waals surface area contributed by atoms with Crippen LogP contribution in [-0.4, -0.2) is 43.7 Å². The Morgan fingerprint density at radius 3 is 2.55 bits per heavy atom. The molecule has 1 aliphatic heterocycles. The summed E-state index contributed by atoms with van der Waals surface area (Å²) in [6, 6.07) is 12.6. The molecule has 9 heteroatoms. The number of carbonyl (C=O) groups is 1. The Morgan fingerprint density at radius 1 is 1.17 bits per heavy atom. The van der Waals surface area contributed by atoms with Crippen molar-refractivity contribution < 1.29 is 18.1 Å². The highest BCUT2D eigenvalue weighted by atomic mass is 32.2. The van der Waals surface area contributed by atoms with Gasteiger partial charge in [0.05, 0.1) is 9.82 Å². The lowest BCUT2D eigenvalue weighted by Crippen LogP contribution is -2.36. The zero-order valence-electron chi connectivity index (χ0n) is 16.2. The number of nitrogens with zero attached hydrogens (tertiary/aromatic N) is 3. The number of benzene rings is 2. The standard InChI is InChI=1S/C20H23N3O5S/c1-21(29(27,28)18-12-10-17(11-13-18)23(25)26)14-5-9-20(24)22-15-4-7-16-6-2-3-8-19(16)22/h2-3,6,8,10-13H,4-5,7,9,14-15H2,1H3. The van der Waals surface area contributed by atoms with Crippen LogP contribution in [0.2, 0.25) is 0 Å². The van der Waals surface area contributed by atoms with Gasteiger partial charge >= 0.3 is 0 Å². The van der Waals surface area contributed by atoms with Crippen molar-refractivity contribution in [3.05, 3.63) is 64.2 Å². The van der Waals surface area contributed by atoms with Gasteiger partial charge in [0.1, 0.15) is 0 Å². The second-order valence-electron chi connectivity index (χ2n) is 6.96. The highest BCUT2D eigenvalue weighted by Gasteiger charge is 2.24. The van der Waals surface area contributed by atoms with E-state index in [0.29, 0.717) is 13.0 Å². The number of hydrogen-bond donors (Lipinski definition) is 0. The molecule has 0 aromatic heterocycles. The first-order chi connectivity index (χ1) is 13.8. The molecule has 154 valence electrons. The van der Waals surface area contributed by atoms with Crippen molar-refractivity contribution in [2.75, 3.05) is 25.0 Å². The minimum atomic E-state index is -3.77. The maximum absolute atomic E-state index is 12.7. The number of nitro benzene ring substituents is 1. The quantitative estimate of drug-likeness (QED) is 0.509. The molecule has 0 unspecified atom stereocenters. The molecule has 0 spiro atoms. The Kier molecular flexibility index (Phi) is 6.29. The molecule has 3 rings (SSSR count). The van der Waals surface area contributed by atoms with Crippen LogP contribution >= 0.6 is 0 Å². The number of aryl methyl sites for hydroxylation is 1. The summed E-state index contributed by atoms with van der Waals surface area (Å²) >= 11 is 0. The number of rotatable bonds is 7. The van der Waals surface area contributed by atoms with E-state index >= 15 is 0 Å². The maximum Gasteiger partial charge on any atom is 0.269 e. The normalized spacial score (nSPS) is 13.9. The smallest absolute Gasteiger partial charge is 0.269 e. The van der Waals surface area contributed by atoms with Gasteiger partial charge < -0.3 is 4.90 Å². The predicted molar refractivity (Wildman–Crippen MR) is 109 cm³/mol. The first-order valence-electron chi connectivity index (χ1n) is 9.40. The second kappa shape index (κ2) is 8.71. The monoisotopic (exact) mass is 417 g/mol. The summed E-state index contributed by atoms with van der Waals surface area (Å²) < 4.78 is 26.4. The predicted octanol–water partition coefficient (Wildman–Crippen LogP) is 2.97. The van der Waals surface area contributed by atoms with Gasteiger partial charge in [-0.3, -0.25) is 14.9 Å². The SMILES string of the molecule is CN(CCCC(=O)N1CCCc2ccccc21)S(=O)(=O)c1ccc([N+](=O)[O-])cc1. The van der Waals surface area contributed by atoms with Crippen LogP contribution in [0.15, 0.2) is 53.4 Å². The number of nitro groups is 1. The first-order valence-corrected chi connectivity index (χ1v) is 10.8. The Morgan fingerprint density at radius 2 is 1.86 bits per heavy atom. The van der Waals surface area contributed by atoms with Crippen LogP contribution in [-0.2, 0) is 21.2 Å². The molecule has 29 heavy (non-hydrogen) atoms. The van der Waals surface area contributed by atoms with Crippen LogP contribution < -0.4 is 4.90 Å². The number of carbonyl (C=O) groups excluding carboxylic acids is 1. The molecule has 0 atom stereocenters. The van der Waals surface area contributed by atoms with Crippen LogP contribution in [0.4, 0.5) is 11.4 Å². The fraction of sp³-hybridized carbons (Fsp3) is 0.350. The Balaban J connectivity index is 1.58. The zero-order chi connectivity index (χ0) is 21.0. The molecule has 8 nitrogen and oxygen atoms in total. The summed E-state index contributed by atoms with van der Waals surface area (Å²) in [5, 5.41) is 10.7. The number of fused-ring (bicyclic) bond motifs is 1. The molecule has 2 aromatic rings. The molecule has 2 aromatic carbocycles. The van der Waals surface area contributed by atoms with E-state index in [-0.39, 0.29) is 29.5 Å². The topological polar surface area (TPSA) is 101 Å². The van der Waals surface area contributed by atoms with Crippen LogP contribution in [0.25, 0.3) is 0 Å². The van der Waals surface area contributed by atoms with Crippen LogP contribution in [0.1, 0.15) is 24.8 Å². The van der Waals surface area contributed by atoms with Gasteiger partial charge in [-0.2, -0.15) is 0 Å². The van der Waals surface area contributed by atoms with Crippen LogP contribution in [0.5, 0.6) is 0 Å². The van der Waals surface area contributed by atoms with Crippen molar-refractivity contribution in [1.29, 1.82) is 0 Å². The van der Waals surface area contributed by atoms with E-state index in [1.54, 1.807) is 4.90 Å². The van der Waals surface area contributed by atoms with Crippen LogP contribution in [0, 0.1) is 10.1 Å². The first kappa shape index (κ1) is 20.9. The van der Waals surface area contributed by atoms with E-state index in [2.05, 4.69) is 0 Å². The van der Waals surface area contributed by atoms with E-state index in [9.17, 15) is 23.3 Å². The lowest BCUT2D eigenvalue weighted by molar-refractivity contribution is -0.384. The fourth-order valence-corrected chi connectivity index (χ4v) is 4.63. The lowest BCUT2D eigenvalue weighted by Gasteiger charge is -2.29. The van der Waals surface area contributed by atoms with E-state index in [1.807, 2.05) is 24.3 Å². The molecular formula is C20H23N3O5S. The van der Waals surface area contributed by atoms with Gasteiger partial charge in [-0.05, 0) is 43.0 Å². The van der Waals surface area contributed by atoms with Gasteiger partial charge in [0.2, 0.25) is 15.9 Å². The molecular weight excluding hydrogens is 394 g/mol. The van der Waals surface area contributed by atoms with E-state index < -0.39 is 14.9 Å². The van der Waals surface area contributed by atoms with Crippen molar-refractivity contribution >= 4 is 27.3 Å². The molecule has 1 aliphatic rings. The third-order valence-electron chi connectivity index (χ3n) is 5.03. The van der Waals surface area contributed by atoms with Gasteiger partial charge in [-0.15, -0.1) is 0 Å². The number of non-ortho nitro benzene ring substituents is 1. The summed E-state index contributed by atoms with van der Waals surface area (Å²) in [7, 11) is -2.33. The van der Waals surface area contributed by atoms with Gasteiger partial charge in [0.25, 0.3) is 5.69 Å². The fourth-order valence-electron chi connectivity index (χ4n) is 3.42. The van der Waals surface area contributed by atoms with Gasteiger partial charge in [0, 0.05) is 44.4 Å². The molecule has 0 saturated carbocycles. The molecule has 1 amide bonds.